The standard InChI is InChI=1S/C21H27N5O2/c1-26-10-7-21(8-11-26)12-17(14-4-2-3-5-18(14)28-21)23-20(27)19-15-13-22-9-6-16(15)24-25-19/h2-5,17,22H,6-13H2,1H3,(H,23,27)(H,24,25). The second-order valence-electron chi connectivity index (χ2n) is 8.31. The molecule has 1 spiro atoms. The van der Waals surface area contributed by atoms with Crippen molar-refractivity contribution in [2.45, 2.75) is 43.9 Å². The first-order valence-electron chi connectivity index (χ1n) is 10.2. The Balaban J connectivity index is 1.42. The molecule has 28 heavy (non-hydrogen) atoms. The summed E-state index contributed by atoms with van der Waals surface area (Å²) in [6.45, 7) is 3.64. The van der Waals surface area contributed by atoms with E-state index in [-0.39, 0.29) is 17.6 Å². The molecule has 7 nitrogen and oxygen atoms in total. The van der Waals surface area contributed by atoms with E-state index in [0.29, 0.717) is 12.2 Å². The van der Waals surface area contributed by atoms with Gasteiger partial charge in [-0.15, -0.1) is 0 Å². The zero-order valence-corrected chi connectivity index (χ0v) is 16.3. The first kappa shape index (κ1) is 17.7. The van der Waals surface area contributed by atoms with Gasteiger partial charge in [0, 0.05) is 55.8 Å². The molecule has 1 aromatic carbocycles. The van der Waals surface area contributed by atoms with Gasteiger partial charge in [0.25, 0.3) is 5.91 Å². The first-order valence-corrected chi connectivity index (χ1v) is 10.2. The zero-order chi connectivity index (χ0) is 19.1. The van der Waals surface area contributed by atoms with Crippen LogP contribution in [0, 0.1) is 0 Å². The van der Waals surface area contributed by atoms with Crippen molar-refractivity contribution in [1.29, 1.82) is 0 Å². The van der Waals surface area contributed by atoms with Crippen molar-refractivity contribution in [3.8, 4) is 5.75 Å². The number of likely N-dealkylation sites (tertiary alicyclic amines) is 1. The highest BCUT2D eigenvalue weighted by Crippen LogP contribution is 2.44. The van der Waals surface area contributed by atoms with Crippen molar-refractivity contribution in [3.63, 3.8) is 0 Å². The molecule has 4 heterocycles. The van der Waals surface area contributed by atoms with Crippen LogP contribution in [0.4, 0.5) is 0 Å². The summed E-state index contributed by atoms with van der Waals surface area (Å²) in [6.07, 6.45) is 3.64. The Morgan fingerprint density at radius 2 is 2.14 bits per heavy atom. The minimum atomic E-state index is -0.203. The van der Waals surface area contributed by atoms with E-state index in [9.17, 15) is 4.79 Å². The lowest BCUT2D eigenvalue weighted by Gasteiger charge is -2.46. The molecule has 1 aromatic heterocycles. The van der Waals surface area contributed by atoms with E-state index >= 15 is 0 Å². The second-order valence-corrected chi connectivity index (χ2v) is 8.31. The van der Waals surface area contributed by atoms with Gasteiger partial charge >= 0.3 is 0 Å². The fourth-order valence-corrected chi connectivity index (χ4v) is 4.72. The Morgan fingerprint density at radius 1 is 1.32 bits per heavy atom. The lowest BCUT2D eigenvalue weighted by atomic mass is 9.80. The topological polar surface area (TPSA) is 82.3 Å². The van der Waals surface area contributed by atoms with E-state index in [2.05, 4.69) is 38.8 Å². The molecule has 5 rings (SSSR count). The van der Waals surface area contributed by atoms with Crippen molar-refractivity contribution < 1.29 is 9.53 Å². The molecule has 148 valence electrons. The SMILES string of the molecule is CN1CCC2(CC1)CC(NC(=O)c1n[nH]c3c1CNCC3)c1ccccc1O2. The van der Waals surface area contributed by atoms with Gasteiger partial charge in [-0.3, -0.25) is 9.89 Å². The number of carbonyl (C=O) groups is 1. The number of nitrogens with zero attached hydrogens (tertiary/aromatic N) is 2. The zero-order valence-electron chi connectivity index (χ0n) is 16.3. The molecular weight excluding hydrogens is 354 g/mol. The highest BCUT2D eigenvalue weighted by atomic mass is 16.5. The van der Waals surface area contributed by atoms with E-state index in [4.69, 9.17) is 4.74 Å². The summed E-state index contributed by atoms with van der Waals surface area (Å²) in [5, 5.41) is 14.0. The van der Waals surface area contributed by atoms with Gasteiger partial charge in [-0.05, 0) is 26.0 Å². The van der Waals surface area contributed by atoms with Crippen molar-refractivity contribution in [3.05, 3.63) is 46.8 Å². The first-order chi connectivity index (χ1) is 13.6. The second kappa shape index (κ2) is 6.90. The van der Waals surface area contributed by atoms with Crippen molar-refractivity contribution in [2.75, 3.05) is 26.7 Å². The molecule has 0 bridgehead atoms. The minimum absolute atomic E-state index is 0.0650. The van der Waals surface area contributed by atoms with Crippen LogP contribution >= 0.6 is 0 Å². The van der Waals surface area contributed by atoms with E-state index < -0.39 is 0 Å². The molecule has 3 aliphatic heterocycles. The number of nitrogens with one attached hydrogen (secondary N) is 3. The van der Waals surface area contributed by atoms with Crippen molar-refractivity contribution in [1.82, 2.24) is 25.7 Å². The number of aromatic nitrogens is 2. The van der Waals surface area contributed by atoms with Gasteiger partial charge in [0.05, 0.1) is 6.04 Å². The summed E-state index contributed by atoms with van der Waals surface area (Å²) in [5.74, 6) is 0.792. The summed E-state index contributed by atoms with van der Waals surface area (Å²) >= 11 is 0. The number of aromatic amines is 1. The van der Waals surface area contributed by atoms with E-state index in [1.165, 1.54) is 0 Å². The maximum Gasteiger partial charge on any atom is 0.272 e. The number of ether oxygens (including phenoxy) is 1. The molecule has 3 N–H and O–H groups in total. The van der Waals surface area contributed by atoms with Gasteiger partial charge in [-0.2, -0.15) is 5.10 Å². The number of carbonyl (C=O) groups excluding carboxylic acids is 1. The highest BCUT2D eigenvalue weighted by molar-refractivity contribution is 5.94. The highest BCUT2D eigenvalue weighted by Gasteiger charge is 2.43. The molecular formula is C21H27N5O2. The smallest absolute Gasteiger partial charge is 0.272 e. The van der Waals surface area contributed by atoms with Crippen LogP contribution in [0.1, 0.15) is 52.6 Å². The van der Waals surface area contributed by atoms with Crippen LogP contribution in [-0.4, -0.2) is 53.3 Å². The van der Waals surface area contributed by atoms with Crippen LogP contribution in [0.15, 0.2) is 24.3 Å². The van der Waals surface area contributed by atoms with E-state index in [1.807, 2.05) is 18.2 Å². The molecule has 2 aromatic rings. The van der Waals surface area contributed by atoms with Crippen molar-refractivity contribution >= 4 is 5.91 Å². The summed E-state index contributed by atoms with van der Waals surface area (Å²) in [5.41, 5.74) is 3.44. The minimum Gasteiger partial charge on any atom is -0.487 e. The molecule has 0 aliphatic carbocycles. The number of H-pyrrole nitrogens is 1. The van der Waals surface area contributed by atoms with Crippen LogP contribution in [0.2, 0.25) is 0 Å². The van der Waals surface area contributed by atoms with Crippen LogP contribution in [0.25, 0.3) is 0 Å². The lowest BCUT2D eigenvalue weighted by molar-refractivity contribution is -0.0196. The third-order valence-electron chi connectivity index (χ3n) is 6.42. The monoisotopic (exact) mass is 381 g/mol. The van der Waals surface area contributed by atoms with Gasteiger partial charge in [-0.1, -0.05) is 18.2 Å². The van der Waals surface area contributed by atoms with Gasteiger partial charge in [0.2, 0.25) is 0 Å². The normalized spacial score (nSPS) is 23.5. The van der Waals surface area contributed by atoms with Crippen LogP contribution in [0.5, 0.6) is 5.75 Å². The average molecular weight is 381 g/mol. The number of amides is 1. The number of rotatable bonds is 2. The Labute approximate surface area is 164 Å². The quantitative estimate of drug-likeness (QED) is 0.739. The molecule has 1 unspecified atom stereocenters. The lowest BCUT2D eigenvalue weighted by Crippen LogP contribution is -2.51. The number of fused-ring (bicyclic) bond motifs is 2. The summed E-state index contributed by atoms with van der Waals surface area (Å²) < 4.78 is 6.49. The Kier molecular flexibility index (Phi) is 4.36. The van der Waals surface area contributed by atoms with Crippen LogP contribution in [-0.2, 0) is 13.0 Å². The van der Waals surface area contributed by atoms with Crippen LogP contribution < -0.4 is 15.4 Å². The predicted octanol–water partition coefficient (Wildman–Crippen LogP) is 1.77. The third kappa shape index (κ3) is 3.08. The number of benzene rings is 1. The molecule has 1 fully saturated rings. The fraction of sp³-hybridized carbons (Fsp3) is 0.524. The average Bonchev–Trinajstić information content (AvgIpc) is 3.15. The fourth-order valence-electron chi connectivity index (χ4n) is 4.72. The third-order valence-corrected chi connectivity index (χ3v) is 6.42. The summed E-state index contributed by atoms with van der Waals surface area (Å²) in [4.78, 5) is 15.4. The molecule has 1 amide bonds. The Bertz CT molecular complexity index is 885. The predicted molar refractivity (Wildman–Crippen MR) is 105 cm³/mol. The molecule has 1 saturated heterocycles. The molecule has 3 aliphatic rings. The molecule has 1 atom stereocenters. The van der Waals surface area contributed by atoms with E-state index in [0.717, 1.165) is 67.9 Å². The van der Waals surface area contributed by atoms with Gasteiger partial charge < -0.3 is 20.3 Å². The van der Waals surface area contributed by atoms with Gasteiger partial charge in [0.1, 0.15) is 11.4 Å². The number of piperidine rings is 1. The van der Waals surface area contributed by atoms with Crippen molar-refractivity contribution in [2.24, 2.45) is 0 Å². The molecule has 7 heteroatoms. The number of para-hydroxylation sites is 1. The van der Waals surface area contributed by atoms with Crippen LogP contribution in [0.3, 0.4) is 0 Å². The Morgan fingerprint density at radius 3 is 3.00 bits per heavy atom. The Hall–Kier alpha value is -2.38. The van der Waals surface area contributed by atoms with Gasteiger partial charge in [0.15, 0.2) is 5.69 Å². The van der Waals surface area contributed by atoms with E-state index in [1.54, 1.807) is 0 Å². The maximum atomic E-state index is 13.1. The number of hydrogen-bond donors (Lipinski definition) is 3. The van der Waals surface area contributed by atoms with Gasteiger partial charge in [-0.25, -0.2) is 0 Å². The summed E-state index contributed by atoms with van der Waals surface area (Å²) in [6, 6.07) is 8.03. The molecule has 0 radical (unpaired) electrons. The maximum absolute atomic E-state index is 13.1. The number of hydrogen-bond acceptors (Lipinski definition) is 5. The summed E-state index contributed by atoms with van der Waals surface area (Å²) in [7, 11) is 2.15. The molecule has 0 saturated carbocycles. The largest absolute Gasteiger partial charge is 0.487 e.